The molecule has 2 saturated heterocycles. The molecule has 0 aromatic heterocycles. The van der Waals surface area contributed by atoms with Crippen molar-refractivity contribution in [3.05, 3.63) is 0 Å². The Hall–Kier alpha value is -0.160. The molecular weight excluding hydrogens is 160 g/mol. The quantitative estimate of drug-likeness (QED) is 0.616. The van der Waals surface area contributed by atoms with Crippen LogP contribution in [0.1, 0.15) is 6.92 Å². The minimum Gasteiger partial charge on any atom is -0.387 e. The molecule has 2 bridgehead atoms. The predicted octanol–water partition coefficient (Wildman–Crippen LogP) is -0.450. The summed E-state index contributed by atoms with van der Waals surface area (Å²) in [7, 11) is 1.60. The van der Waals surface area contributed by atoms with Crippen molar-refractivity contribution in [3.8, 4) is 0 Å². The lowest BCUT2D eigenvalue weighted by atomic mass is 10.00. The van der Waals surface area contributed by atoms with E-state index in [1.165, 1.54) is 0 Å². The molecular formula is C8H14O4. The molecule has 0 spiro atoms. The first-order valence-corrected chi connectivity index (χ1v) is 4.16. The molecule has 0 amide bonds. The largest absolute Gasteiger partial charge is 0.387 e. The summed E-state index contributed by atoms with van der Waals surface area (Å²) in [5.74, 6) is 0. The van der Waals surface area contributed by atoms with E-state index < -0.39 is 11.7 Å². The van der Waals surface area contributed by atoms with Gasteiger partial charge in [0, 0.05) is 7.11 Å². The lowest BCUT2D eigenvalue weighted by Crippen LogP contribution is -2.44. The maximum atomic E-state index is 9.75. The lowest BCUT2D eigenvalue weighted by Gasteiger charge is -2.28. The van der Waals surface area contributed by atoms with Crippen LogP contribution in [0.15, 0.2) is 0 Å². The third-order valence-electron chi connectivity index (χ3n) is 2.64. The summed E-state index contributed by atoms with van der Waals surface area (Å²) in [6.45, 7) is 2.75. The van der Waals surface area contributed by atoms with Crippen molar-refractivity contribution in [2.75, 3.05) is 20.3 Å². The fourth-order valence-electron chi connectivity index (χ4n) is 2.05. The summed E-state index contributed by atoms with van der Waals surface area (Å²) in [5.41, 5.74) is -0.598. The molecule has 2 aliphatic rings. The third-order valence-corrected chi connectivity index (χ3v) is 2.64. The summed E-state index contributed by atoms with van der Waals surface area (Å²) in [4.78, 5) is 0. The van der Waals surface area contributed by atoms with E-state index in [2.05, 4.69) is 0 Å². The van der Waals surface area contributed by atoms with Crippen LogP contribution in [0.25, 0.3) is 0 Å². The third kappa shape index (κ3) is 0.925. The van der Waals surface area contributed by atoms with Crippen LogP contribution in [0.2, 0.25) is 0 Å². The van der Waals surface area contributed by atoms with Gasteiger partial charge in [0.15, 0.2) is 0 Å². The molecule has 0 aliphatic carbocycles. The lowest BCUT2D eigenvalue weighted by molar-refractivity contribution is -0.159. The first-order valence-electron chi connectivity index (χ1n) is 4.16. The van der Waals surface area contributed by atoms with E-state index in [0.29, 0.717) is 13.2 Å². The first kappa shape index (κ1) is 8.44. The predicted molar refractivity (Wildman–Crippen MR) is 40.9 cm³/mol. The SMILES string of the molecule is COC[C@@]12CO[C@@H]([C@H](C)O1)[C@@H]2O. The minimum absolute atomic E-state index is 0.0242. The van der Waals surface area contributed by atoms with Crippen molar-refractivity contribution in [1.29, 1.82) is 0 Å². The number of hydrogen-bond acceptors (Lipinski definition) is 4. The molecule has 4 nitrogen and oxygen atoms in total. The maximum Gasteiger partial charge on any atom is 0.143 e. The van der Waals surface area contributed by atoms with Crippen LogP contribution in [-0.4, -0.2) is 49.3 Å². The Labute approximate surface area is 71.4 Å². The minimum atomic E-state index is -0.598. The fourth-order valence-corrected chi connectivity index (χ4v) is 2.05. The number of aliphatic hydroxyl groups excluding tert-OH is 1. The summed E-state index contributed by atoms with van der Waals surface area (Å²) in [6.07, 6.45) is -0.725. The van der Waals surface area contributed by atoms with Crippen LogP contribution >= 0.6 is 0 Å². The van der Waals surface area contributed by atoms with Gasteiger partial charge in [-0.15, -0.1) is 0 Å². The van der Waals surface area contributed by atoms with Crippen LogP contribution in [0.4, 0.5) is 0 Å². The van der Waals surface area contributed by atoms with Crippen LogP contribution in [-0.2, 0) is 14.2 Å². The zero-order valence-electron chi connectivity index (χ0n) is 7.32. The van der Waals surface area contributed by atoms with Gasteiger partial charge in [0.25, 0.3) is 0 Å². The summed E-state index contributed by atoms with van der Waals surface area (Å²) in [5, 5.41) is 9.75. The van der Waals surface area contributed by atoms with Gasteiger partial charge >= 0.3 is 0 Å². The van der Waals surface area contributed by atoms with Crippen LogP contribution in [0.5, 0.6) is 0 Å². The van der Waals surface area contributed by atoms with E-state index in [4.69, 9.17) is 14.2 Å². The van der Waals surface area contributed by atoms with Crippen molar-refractivity contribution in [2.24, 2.45) is 0 Å². The van der Waals surface area contributed by atoms with Gasteiger partial charge in [0.2, 0.25) is 0 Å². The van der Waals surface area contributed by atoms with E-state index in [-0.39, 0.29) is 12.2 Å². The molecule has 70 valence electrons. The molecule has 4 heteroatoms. The number of fused-ring (bicyclic) bond motifs is 2. The molecule has 2 rings (SSSR count). The Balaban J connectivity index is 2.15. The Bertz CT molecular complexity index is 184. The molecule has 0 aromatic carbocycles. The summed E-state index contributed by atoms with van der Waals surface area (Å²) < 4.78 is 16.0. The van der Waals surface area contributed by atoms with Gasteiger partial charge < -0.3 is 19.3 Å². The van der Waals surface area contributed by atoms with E-state index in [1.54, 1.807) is 7.11 Å². The average molecular weight is 174 g/mol. The number of hydrogen-bond donors (Lipinski definition) is 1. The highest BCUT2D eigenvalue weighted by Crippen LogP contribution is 2.39. The van der Waals surface area contributed by atoms with E-state index in [9.17, 15) is 5.11 Å². The summed E-state index contributed by atoms with van der Waals surface area (Å²) in [6, 6.07) is 0. The Morgan fingerprint density at radius 1 is 1.67 bits per heavy atom. The van der Waals surface area contributed by atoms with Gasteiger partial charge in [-0.25, -0.2) is 0 Å². The molecule has 0 aromatic rings. The van der Waals surface area contributed by atoms with Gasteiger partial charge in [0.1, 0.15) is 17.8 Å². The zero-order valence-corrected chi connectivity index (χ0v) is 7.32. The topological polar surface area (TPSA) is 47.9 Å². The van der Waals surface area contributed by atoms with Gasteiger partial charge in [-0.3, -0.25) is 0 Å². The van der Waals surface area contributed by atoms with Crippen molar-refractivity contribution in [2.45, 2.75) is 30.8 Å². The second-order valence-corrected chi connectivity index (χ2v) is 3.54. The number of methoxy groups -OCH3 is 1. The van der Waals surface area contributed by atoms with Crippen molar-refractivity contribution in [1.82, 2.24) is 0 Å². The van der Waals surface area contributed by atoms with E-state index in [0.717, 1.165) is 0 Å². The second-order valence-electron chi connectivity index (χ2n) is 3.54. The van der Waals surface area contributed by atoms with Gasteiger partial charge in [-0.2, -0.15) is 0 Å². The van der Waals surface area contributed by atoms with E-state index in [1.807, 2.05) is 6.92 Å². The maximum absolute atomic E-state index is 9.75. The molecule has 2 aliphatic heterocycles. The standard InChI is InChI=1S/C8H14O4/c1-5-6-7(9)8(12-5,3-10-2)4-11-6/h5-7,9H,3-4H2,1-2H3/t5-,6-,7-,8-/m0/s1. The van der Waals surface area contributed by atoms with Gasteiger partial charge in [-0.1, -0.05) is 0 Å². The average Bonchev–Trinajstić information content (AvgIpc) is 2.41. The highest BCUT2D eigenvalue weighted by atomic mass is 16.6. The van der Waals surface area contributed by atoms with Gasteiger partial charge in [-0.05, 0) is 6.92 Å². The number of rotatable bonds is 2. The molecule has 0 saturated carbocycles. The molecule has 12 heavy (non-hydrogen) atoms. The molecule has 0 radical (unpaired) electrons. The molecule has 1 N–H and O–H groups in total. The Morgan fingerprint density at radius 3 is 2.83 bits per heavy atom. The smallest absolute Gasteiger partial charge is 0.143 e. The first-order chi connectivity index (χ1) is 5.69. The van der Waals surface area contributed by atoms with Crippen molar-refractivity contribution < 1.29 is 19.3 Å². The van der Waals surface area contributed by atoms with Crippen LogP contribution < -0.4 is 0 Å². The normalized spacial score (nSPS) is 51.8. The number of ether oxygens (including phenoxy) is 3. The molecule has 2 heterocycles. The highest BCUT2D eigenvalue weighted by molar-refractivity contribution is 5.06. The van der Waals surface area contributed by atoms with Gasteiger partial charge in [0.05, 0.1) is 19.3 Å². The monoisotopic (exact) mass is 174 g/mol. The highest BCUT2D eigenvalue weighted by Gasteiger charge is 2.59. The number of aliphatic hydroxyl groups is 1. The Kier molecular flexibility index (Phi) is 1.88. The molecule has 2 fully saturated rings. The van der Waals surface area contributed by atoms with Crippen LogP contribution in [0.3, 0.4) is 0 Å². The zero-order chi connectivity index (χ0) is 8.77. The Morgan fingerprint density at radius 2 is 2.42 bits per heavy atom. The fraction of sp³-hybridized carbons (Fsp3) is 1.00. The summed E-state index contributed by atoms with van der Waals surface area (Å²) >= 11 is 0. The van der Waals surface area contributed by atoms with E-state index >= 15 is 0 Å². The van der Waals surface area contributed by atoms with Crippen molar-refractivity contribution >= 4 is 0 Å². The molecule has 4 atom stereocenters. The molecule has 0 unspecified atom stereocenters. The second kappa shape index (κ2) is 2.67. The van der Waals surface area contributed by atoms with Crippen molar-refractivity contribution in [3.63, 3.8) is 0 Å². The van der Waals surface area contributed by atoms with Crippen LogP contribution in [0, 0.1) is 0 Å².